The number of aromatic nitrogens is 1. The molecule has 2 N–H and O–H groups in total. The predicted molar refractivity (Wildman–Crippen MR) is 96.4 cm³/mol. The Balaban J connectivity index is 2.12. The third-order valence-electron chi connectivity index (χ3n) is 3.85. The molecule has 0 aliphatic carbocycles. The van der Waals surface area contributed by atoms with E-state index in [9.17, 15) is 23.1 Å². The SMILES string of the molecule is Cn1c(-c2ccc(OC(F)(F)F)cc2)c(I)c2cc(C(=O)O)c(O)cc21. The molecule has 0 aliphatic rings. The summed E-state index contributed by atoms with van der Waals surface area (Å²) in [6.07, 6.45) is -4.76. The van der Waals surface area contributed by atoms with Crippen LogP contribution < -0.4 is 4.74 Å². The quantitative estimate of drug-likeness (QED) is 0.535. The maximum Gasteiger partial charge on any atom is 0.573 e. The number of aromatic carboxylic acids is 1. The van der Waals surface area contributed by atoms with Gasteiger partial charge in [0.2, 0.25) is 0 Å². The van der Waals surface area contributed by atoms with Crippen LogP contribution in [-0.2, 0) is 7.05 Å². The number of fused-ring (bicyclic) bond motifs is 1. The minimum absolute atomic E-state index is 0.221. The van der Waals surface area contributed by atoms with Crippen molar-refractivity contribution in [1.82, 2.24) is 4.57 Å². The lowest BCUT2D eigenvalue weighted by atomic mass is 10.1. The second kappa shape index (κ2) is 6.38. The zero-order valence-electron chi connectivity index (χ0n) is 13.1. The van der Waals surface area contributed by atoms with Crippen LogP contribution in [0.3, 0.4) is 0 Å². The molecule has 0 saturated carbocycles. The molecule has 0 aliphatic heterocycles. The molecule has 3 rings (SSSR count). The molecule has 2 aromatic carbocycles. The van der Waals surface area contributed by atoms with Crippen molar-refractivity contribution < 1.29 is 32.9 Å². The Morgan fingerprint density at radius 1 is 1.19 bits per heavy atom. The zero-order valence-corrected chi connectivity index (χ0v) is 15.3. The molecule has 0 spiro atoms. The van der Waals surface area contributed by atoms with Gasteiger partial charge in [0.15, 0.2) is 0 Å². The van der Waals surface area contributed by atoms with Crippen LogP contribution in [0, 0.1) is 3.57 Å². The van der Waals surface area contributed by atoms with Gasteiger partial charge in [0.05, 0.1) is 11.2 Å². The molecule has 26 heavy (non-hydrogen) atoms. The number of carboxylic acids is 1. The summed E-state index contributed by atoms with van der Waals surface area (Å²) in [6.45, 7) is 0. The van der Waals surface area contributed by atoms with Crippen molar-refractivity contribution in [3.63, 3.8) is 0 Å². The number of carbonyl (C=O) groups is 1. The Morgan fingerprint density at radius 3 is 2.35 bits per heavy atom. The number of aromatic hydroxyl groups is 1. The Kier molecular flexibility index (Phi) is 4.51. The Labute approximate surface area is 158 Å². The Morgan fingerprint density at radius 2 is 1.81 bits per heavy atom. The van der Waals surface area contributed by atoms with Gasteiger partial charge in [-0.25, -0.2) is 4.79 Å². The van der Waals surface area contributed by atoms with Gasteiger partial charge in [-0.05, 0) is 58.5 Å². The van der Waals surface area contributed by atoms with E-state index in [4.69, 9.17) is 5.11 Å². The van der Waals surface area contributed by atoms with Gasteiger partial charge in [0.1, 0.15) is 17.1 Å². The number of benzene rings is 2. The lowest BCUT2D eigenvalue weighted by Gasteiger charge is -2.10. The van der Waals surface area contributed by atoms with Crippen molar-refractivity contribution in [2.75, 3.05) is 0 Å². The van der Waals surface area contributed by atoms with Gasteiger partial charge in [-0.15, -0.1) is 13.2 Å². The average Bonchev–Trinajstić information content (AvgIpc) is 2.77. The van der Waals surface area contributed by atoms with Crippen molar-refractivity contribution in [2.24, 2.45) is 7.05 Å². The van der Waals surface area contributed by atoms with E-state index in [1.54, 1.807) is 11.6 Å². The van der Waals surface area contributed by atoms with E-state index in [-0.39, 0.29) is 17.1 Å². The molecular weight excluding hydrogens is 466 g/mol. The molecule has 0 amide bonds. The fourth-order valence-electron chi connectivity index (χ4n) is 2.73. The number of hydrogen-bond donors (Lipinski definition) is 2. The van der Waals surface area contributed by atoms with Gasteiger partial charge in [-0.3, -0.25) is 0 Å². The first-order chi connectivity index (χ1) is 12.1. The smallest absolute Gasteiger partial charge is 0.507 e. The van der Waals surface area contributed by atoms with Crippen LogP contribution in [0.15, 0.2) is 36.4 Å². The third-order valence-corrected chi connectivity index (χ3v) is 4.94. The fraction of sp³-hybridized carbons (Fsp3) is 0.118. The normalized spacial score (nSPS) is 11.7. The van der Waals surface area contributed by atoms with E-state index >= 15 is 0 Å². The predicted octanol–water partition coefficient (Wildman–Crippen LogP) is 4.75. The number of hydrogen-bond acceptors (Lipinski definition) is 3. The van der Waals surface area contributed by atoms with Gasteiger partial charge < -0.3 is 19.5 Å². The maximum atomic E-state index is 12.3. The largest absolute Gasteiger partial charge is 0.573 e. The molecule has 0 unspecified atom stereocenters. The van der Waals surface area contributed by atoms with Crippen LogP contribution in [0.1, 0.15) is 10.4 Å². The van der Waals surface area contributed by atoms with Crippen molar-refractivity contribution in [3.05, 3.63) is 45.5 Å². The molecule has 136 valence electrons. The van der Waals surface area contributed by atoms with Crippen LogP contribution in [0.5, 0.6) is 11.5 Å². The summed E-state index contributed by atoms with van der Waals surface area (Å²) in [5.74, 6) is -1.94. The topological polar surface area (TPSA) is 71.7 Å². The van der Waals surface area contributed by atoms with E-state index < -0.39 is 12.3 Å². The number of carboxylic acid groups (broad SMARTS) is 1. The van der Waals surface area contributed by atoms with E-state index in [0.717, 1.165) is 0 Å². The summed E-state index contributed by atoms with van der Waals surface area (Å²) >= 11 is 2.04. The molecule has 1 heterocycles. The highest BCUT2D eigenvalue weighted by Gasteiger charge is 2.31. The molecule has 0 atom stereocenters. The van der Waals surface area contributed by atoms with Gasteiger partial charge in [0, 0.05) is 22.1 Å². The first-order valence-corrected chi connectivity index (χ1v) is 8.26. The number of alkyl halides is 3. The van der Waals surface area contributed by atoms with Gasteiger partial charge in [-0.2, -0.15) is 0 Å². The van der Waals surface area contributed by atoms with Crippen molar-refractivity contribution in [3.8, 4) is 22.8 Å². The Bertz CT molecular complexity index is 1010. The summed E-state index contributed by atoms with van der Waals surface area (Å²) in [7, 11) is 1.72. The van der Waals surface area contributed by atoms with Crippen molar-refractivity contribution in [2.45, 2.75) is 6.36 Å². The number of rotatable bonds is 3. The highest BCUT2D eigenvalue weighted by atomic mass is 127. The number of nitrogens with zero attached hydrogens (tertiary/aromatic N) is 1. The van der Waals surface area contributed by atoms with Gasteiger partial charge >= 0.3 is 12.3 Å². The summed E-state index contributed by atoms with van der Waals surface area (Å²) < 4.78 is 43.1. The van der Waals surface area contributed by atoms with Gasteiger partial charge in [0.25, 0.3) is 0 Å². The standard InChI is InChI=1S/C17H11F3INO4/c1-22-12-7-13(23)11(16(24)25)6-10(12)14(21)15(22)8-2-4-9(5-3-8)26-17(18,19)20/h2-7,23H,1H3,(H,24,25). The van der Waals surface area contributed by atoms with E-state index in [0.29, 0.717) is 25.7 Å². The molecule has 0 saturated heterocycles. The number of phenols is 1. The molecule has 1 aromatic heterocycles. The van der Waals surface area contributed by atoms with Crippen LogP contribution in [-0.4, -0.2) is 27.1 Å². The molecule has 0 bridgehead atoms. The molecule has 3 aromatic rings. The van der Waals surface area contributed by atoms with E-state index in [1.165, 1.54) is 36.4 Å². The molecular formula is C17H11F3INO4. The highest BCUT2D eigenvalue weighted by Crippen LogP contribution is 2.37. The number of ether oxygens (including phenoxy) is 1. The first kappa shape index (κ1) is 18.4. The molecule has 0 radical (unpaired) electrons. The van der Waals surface area contributed by atoms with Crippen molar-refractivity contribution >= 4 is 39.5 Å². The lowest BCUT2D eigenvalue weighted by molar-refractivity contribution is -0.274. The second-order valence-corrected chi connectivity index (χ2v) is 6.56. The average molecular weight is 477 g/mol. The molecule has 5 nitrogen and oxygen atoms in total. The Hall–Kier alpha value is -2.43. The van der Waals surface area contributed by atoms with Crippen molar-refractivity contribution in [1.29, 1.82) is 0 Å². The summed E-state index contributed by atoms with van der Waals surface area (Å²) in [4.78, 5) is 11.2. The van der Waals surface area contributed by atoms with Crippen LogP contribution >= 0.6 is 22.6 Å². The van der Waals surface area contributed by atoms with Crippen LogP contribution in [0.2, 0.25) is 0 Å². The monoisotopic (exact) mass is 477 g/mol. The lowest BCUT2D eigenvalue weighted by Crippen LogP contribution is -2.16. The van der Waals surface area contributed by atoms with E-state index in [1.807, 2.05) is 22.6 Å². The number of halogens is 4. The summed E-state index contributed by atoms with van der Waals surface area (Å²) in [6, 6.07) is 8.10. The zero-order chi connectivity index (χ0) is 19.2. The van der Waals surface area contributed by atoms with Crippen LogP contribution in [0.4, 0.5) is 13.2 Å². The second-order valence-electron chi connectivity index (χ2n) is 5.49. The first-order valence-electron chi connectivity index (χ1n) is 7.19. The maximum absolute atomic E-state index is 12.3. The van der Waals surface area contributed by atoms with E-state index in [2.05, 4.69) is 4.74 Å². The highest BCUT2D eigenvalue weighted by molar-refractivity contribution is 14.1. The summed E-state index contributed by atoms with van der Waals surface area (Å²) in [5.41, 5.74) is 1.68. The minimum Gasteiger partial charge on any atom is -0.507 e. The fourth-order valence-corrected chi connectivity index (χ4v) is 3.84. The molecule has 0 fully saturated rings. The number of aryl methyl sites for hydroxylation is 1. The third kappa shape index (κ3) is 3.30. The van der Waals surface area contributed by atoms with Crippen LogP contribution in [0.25, 0.3) is 22.2 Å². The molecule has 9 heteroatoms. The summed E-state index contributed by atoms with van der Waals surface area (Å²) in [5, 5.41) is 19.7. The van der Waals surface area contributed by atoms with Gasteiger partial charge in [-0.1, -0.05) is 0 Å². The minimum atomic E-state index is -4.76.